The maximum absolute atomic E-state index is 12.1. The molecule has 3 nitrogen and oxygen atoms in total. The first-order valence-electron chi connectivity index (χ1n) is 8.07. The Morgan fingerprint density at radius 3 is 2.25 bits per heavy atom. The molecule has 120 valence electrons. The molecule has 0 unspecified atom stereocenters. The fourth-order valence-corrected chi connectivity index (χ4v) is 2.70. The van der Waals surface area contributed by atoms with Crippen molar-refractivity contribution in [2.45, 2.75) is 13.3 Å². The summed E-state index contributed by atoms with van der Waals surface area (Å²) in [5.74, 6) is 0.698. The summed E-state index contributed by atoms with van der Waals surface area (Å²) in [5, 5.41) is 0. The van der Waals surface area contributed by atoms with Crippen LogP contribution in [0.5, 0.6) is 0 Å². The fraction of sp³-hybridized carbons (Fsp3) is 0.143. The van der Waals surface area contributed by atoms with Crippen molar-refractivity contribution in [3.63, 3.8) is 0 Å². The average molecular weight is 316 g/mol. The maximum Gasteiger partial charge on any atom is 0.225 e. The summed E-state index contributed by atoms with van der Waals surface area (Å²) in [4.78, 5) is 18.2. The molecule has 0 fully saturated rings. The Kier molecular flexibility index (Phi) is 5.02. The molecule has 0 radical (unpaired) electrons. The van der Waals surface area contributed by atoms with E-state index in [1.807, 2.05) is 48.5 Å². The molecule has 0 aliphatic heterocycles. The minimum Gasteiger partial charge on any atom is -0.297 e. The first-order valence-corrected chi connectivity index (χ1v) is 8.07. The normalized spacial score (nSPS) is 10.4. The van der Waals surface area contributed by atoms with Crippen LogP contribution in [0.1, 0.15) is 12.5 Å². The van der Waals surface area contributed by atoms with Crippen LogP contribution in [0, 0.1) is 0 Å². The summed E-state index contributed by atoms with van der Waals surface area (Å²) in [6.45, 7) is 2.20. The monoisotopic (exact) mass is 316 g/mol. The van der Waals surface area contributed by atoms with Gasteiger partial charge in [0, 0.05) is 19.7 Å². The van der Waals surface area contributed by atoms with Gasteiger partial charge in [0.05, 0.1) is 0 Å². The van der Waals surface area contributed by atoms with Gasteiger partial charge in [-0.05, 0) is 35.2 Å². The fourth-order valence-electron chi connectivity index (χ4n) is 2.70. The Labute approximate surface area is 142 Å². The van der Waals surface area contributed by atoms with E-state index in [-0.39, 0.29) is 5.91 Å². The van der Waals surface area contributed by atoms with Gasteiger partial charge in [-0.2, -0.15) is 0 Å². The van der Waals surface area contributed by atoms with Gasteiger partial charge in [-0.15, -0.1) is 0 Å². The van der Waals surface area contributed by atoms with Crippen LogP contribution < -0.4 is 4.90 Å². The van der Waals surface area contributed by atoms with E-state index in [1.165, 1.54) is 5.56 Å². The second-order valence-corrected chi connectivity index (χ2v) is 5.67. The molecule has 0 saturated heterocycles. The highest BCUT2D eigenvalue weighted by molar-refractivity contribution is 5.91. The number of anilines is 1. The topological polar surface area (TPSA) is 33.2 Å². The Balaban J connectivity index is 1.82. The molecule has 0 bridgehead atoms. The molecule has 0 aliphatic rings. The van der Waals surface area contributed by atoms with Crippen molar-refractivity contribution >= 4 is 11.7 Å². The molecule has 1 heterocycles. The van der Waals surface area contributed by atoms with E-state index < -0.39 is 0 Å². The third-order valence-electron chi connectivity index (χ3n) is 3.98. The quantitative estimate of drug-likeness (QED) is 0.701. The van der Waals surface area contributed by atoms with Crippen LogP contribution in [0.4, 0.5) is 5.82 Å². The zero-order valence-electron chi connectivity index (χ0n) is 13.7. The number of benzene rings is 2. The molecule has 3 heteroatoms. The number of hydrogen-bond acceptors (Lipinski definition) is 2. The smallest absolute Gasteiger partial charge is 0.225 e. The van der Waals surface area contributed by atoms with Crippen molar-refractivity contribution in [1.29, 1.82) is 0 Å². The van der Waals surface area contributed by atoms with Gasteiger partial charge in [0.2, 0.25) is 5.91 Å². The number of pyridine rings is 1. The summed E-state index contributed by atoms with van der Waals surface area (Å²) < 4.78 is 0. The molecule has 2 aromatic carbocycles. The molecule has 0 aliphatic carbocycles. The highest BCUT2D eigenvalue weighted by Gasteiger charge is 2.13. The van der Waals surface area contributed by atoms with Gasteiger partial charge >= 0.3 is 0 Å². The van der Waals surface area contributed by atoms with E-state index in [0.29, 0.717) is 12.4 Å². The highest BCUT2D eigenvalue weighted by atomic mass is 16.2. The van der Waals surface area contributed by atoms with E-state index >= 15 is 0 Å². The van der Waals surface area contributed by atoms with Crippen LogP contribution in [0.3, 0.4) is 0 Å². The maximum atomic E-state index is 12.1. The molecule has 0 saturated carbocycles. The summed E-state index contributed by atoms with van der Waals surface area (Å²) in [6.07, 6.45) is 2.56. The van der Waals surface area contributed by atoms with Crippen LogP contribution in [0.15, 0.2) is 79.0 Å². The van der Waals surface area contributed by atoms with Gasteiger partial charge in [-0.1, -0.05) is 60.7 Å². The van der Waals surface area contributed by atoms with Crippen molar-refractivity contribution < 1.29 is 4.79 Å². The molecule has 1 amide bonds. The molecule has 1 aromatic heterocycles. The second kappa shape index (κ2) is 7.55. The third kappa shape index (κ3) is 3.87. The Morgan fingerprint density at radius 1 is 0.917 bits per heavy atom. The summed E-state index contributed by atoms with van der Waals surface area (Å²) >= 11 is 0. The zero-order valence-corrected chi connectivity index (χ0v) is 13.7. The molecule has 3 aromatic rings. The van der Waals surface area contributed by atoms with Crippen LogP contribution >= 0.6 is 0 Å². The largest absolute Gasteiger partial charge is 0.297 e. The lowest BCUT2D eigenvalue weighted by atomic mass is 10.1. The minimum atomic E-state index is 0.00337. The highest BCUT2D eigenvalue weighted by Crippen LogP contribution is 2.23. The number of amides is 1. The lowest BCUT2D eigenvalue weighted by Gasteiger charge is -2.20. The number of nitrogens with zero attached hydrogens (tertiary/aromatic N) is 2. The molecule has 3 rings (SSSR count). The summed E-state index contributed by atoms with van der Waals surface area (Å²) in [6, 6.07) is 24.2. The molecular formula is C21H20N2O. The van der Waals surface area contributed by atoms with Gasteiger partial charge in [-0.3, -0.25) is 9.69 Å². The predicted molar refractivity (Wildman–Crippen MR) is 97.8 cm³/mol. The third-order valence-corrected chi connectivity index (χ3v) is 3.98. The van der Waals surface area contributed by atoms with Gasteiger partial charge in [0.1, 0.15) is 5.82 Å². The van der Waals surface area contributed by atoms with Crippen molar-refractivity contribution in [2.24, 2.45) is 0 Å². The first-order chi connectivity index (χ1) is 11.7. The van der Waals surface area contributed by atoms with Crippen LogP contribution in [-0.4, -0.2) is 17.4 Å². The molecule has 24 heavy (non-hydrogen) atoms. The van der Waals surface area contributed by atoms with Crippen LogP contribution in [-0.2, 0) is 11.2 Å². The molecule has 0 atom stereocenters. The van der Waals surface area contributed by atoms with Gasteiger partial charge in [0.25, 0.3) is 0 Å². The van der Waals surface area contributed by atoms with E-state index in [4.69, 9.17) is 0 Å². The Morgan fingerprint density at radius 2 is 1.58 bits per heavy atom. The Hall–Kier alpha value is -2.94. The number of hydrogen-bond donors (Lipinski definition) is 0. The van der Waals surface area contributed by atoms with Crippen molar-refractivity contribution in [1.82, 2.24) is 4.98 Å². The minimum absolute atomic E-state index is 0.00337. The van der Waals surface area contributed by atoms with Crippen molar-refractivity contribution in [2.75, 3.05) is 11.4 Å². The molecule has 0 N–H and O–H groups in total. The van der Waals surface area contributed by atoms with E-state index in [9.17, 15) is 4.79 Å². The number of carbonyl (C=O) groups is 1. The summed E-state index contributed by atoms with van der Waals surface area (Å²) in [7, 11) is 0. The molecular weight excluding hydrogens is 296 g/mol. The van der Waals surface area contributed by atoms with Crippen LogP contribution in [0.25, 0.3) is 11.1 Å². The number of carbonyl (C=O) groups excluding carboxylic acids is 1. The predicted octanol–water partition coefficient (Wildman–Crippen LogP) is 4.34. The van der Waals surface area contributed by atoms with Gasteiger partial charge < -0.3 is 0 Å². The van der Waals surface area contributed by atoms with Crippen LogP contribution in [0.2, 0.25) is 0 Å². The standard InChI is InChI=1S/C21H20N2O/c1-17(24)23(15-13-18-8-4-2-5-9-18)21-16-20(12-14-22-21)19-10-6-3-7-11-19/h2-12,14,16H,13,15H2,1H3. The Bertz CT molecular complexity index is 800. The number of aromatic nitrogens is 1. The van der Waals surface area contributed by atoms with Gasteiger partial charge in [-0.25, -0.2) is 4.98 Å². The van der Waals surface area contributed by atoms with E-state index in [1.54, 1.807) is 18.0 Å². The van der Waals surface area contributed by atoms with E-state index in [2.05, 4.69) is 29.2 Å². The van der Waals surface area contributed by atoms with Crippen molar-refractivity contribution in [3.8, 4) is 11.1 Å². The zero-order chi connectivity index (χ0) is 16.8. The van der Waals surface area contributed by atoms with Crippen molar-refractivity contribution in [3.05, 3.63) is 84.6 Å². The van der Waals surface area contributed by atoms with Gasteiger partial charge in [0.15, 0.2) is 0 Å². The SMILES string of the molecule is CC(=O)N(CCc1ccccc1)c1cc(-c2ccccc2)ccn1. The number of rotatable bonds is 5. The van der Waals surface area contributed by atoms with E-state index in [0.717, 1.165) is 17.5 Å². The average Bonchev–Trinajstić information content (AvgIpc) is 2.63. The first kappa shape index (κ1) is 15.9. The molecule has 0 spiro atoms. The lowest BCUT2D eigenvalue weighted by Crippen LogP contribution is -2.31. The second-order valence-electron chi connectivity index (χ2n) is 5.67. The lowest BCUT2D eigenvalue weighted by molar-refractivity contribution is -0.116. The summed E-state index contributed by atoms with van der Waals surface area (Å²) in [5.41, 5.74) is 3.39.